The highest BCUT2D eigenvalue weighted by atomic mass is 19.4. The molecule has 0 saturated heterocycles. The van der Waals surface area contributed by atoms with Gasteiger partial charge in [0, 0.05) is 0 Å². The third-order valence-corrected chi connectivity index (χ3v) is 3.49. The molecule has 1 atom stereocenters. The molecule has 2 rings (SSSR count). The maximum Gasteiger partial charge on any atom is 0.416 e. The predicted octanol–water partition coefficient (Wildman–Crippen LogP) is 4.41. The second-order valence-corrected chi connectivity index (χ2v) is 5.08. The minimum Gasteiger partial charge on any atom is -0.381 e. The molecule has 21 heavy (non-hydrogen) atoms. The number of aryl methyl sites for hydroxylation is 1. The normalized spacial score (nSPS) is 14.8. The van der Waals surface area contributed by atoms with E-state index in [1.54, 1.807) is 0 Å². The zero-order valence-electron chi connectivity index (χ0n) is 11.5. The summed E-state index contributed by atoms with van der Waals surface area (Å²) in [5, 5.41) is 10.5. The van der Waals surface area contributed by atoms with Crippen LogP contribution in [0, 0.1) is 12.7 Å². The number of rotatable bonds is 2. The van der Waals surface area contributed by atoms with Crippen LogP contribution in [0.5, 0.6) is 0 Å². The maximum absolute atomic E-state index is 13.6. The van der Waals surface area contributed by atoms with E-state index < -0.39 is 23.2 Å². The first-order valence-corrected chi connectivity index (χ1v) is 6.29. The Morgan fingerprint density at radius 2 is 1.52 bits per heavy atom. The Bertz CT molecular complexity index is 660. The Balaban J connectivity index is 2.61. The molecule has 0 fully saturated rings. The molecular formula is C16H14F4O. The first-order chi connectivity index (χ1) is 9.64. The first-order valence-electron chi connectivity index (χ1n) is 6.29. The van der Waals surface area contributed by atoms with E-state index in [0.717, 1.165) is 12.1 Å². The molecule has 0 heterocycles. The fourth-order valence-corrected chi connectivity index (χ4v) is 2.21. The molecule has 0 saturated carbocycles. The van der Waals surface area contributed by atoms with Gasteiger partial charge in [-0.15, -0.1) is 0 Å². The monoisotopic (exact) mass is 298 g/mol. The fourth-order valence-electron chi connectivity index (χ4n) is 2.21. The van der Waals surface area contributed by atoms with E-state index in [4.69, 9.17) is 0 Å². The number of hydrogen-bond donors (Lipinski definition) is 1. The van der Waals surface area contributed by atoms with Crippen LogP contribution in [0.25, 0.3) is 0 Å². The highest BCUT2D eigenvalue weighted by molar-refractivity contribution is 5.42. The van der Waals surface area contributed by atoms with Crippen LogP contribution in [-0.4, -0.2) is 5.11 Å². The van der Waals surface area contributed by atoms with Gasteiger partial charge in [-0.1, -0.05) is 30.3 Å². The van der Waals surface area contributed by atoms with Crippen LogP contribution in [0.15, 0.2) is 42.5 Å². The molecule has 0 aliphatic carbocycles. The Kier molecular flexibility index (Phi) is 3.80. The SMILES string of the molecule is Cc1ccc(C(C)(O)c2ccccc2C(F)(F)F)cc1F. The third kappa shape index (κ3) is 2.93. The van der Waals surface area contributed by atoms with E-state index in [1.165, 1.54) is 44.2 Å². The van der Waals surface area contributed by atoms with E-state index in [2.05, 4.69) is 0 Å². The van der Waals surface area contributed by atoms with Crippen molar-refractivity contribution in [3.05, 3.63) is 70.5 Å². The van der Waals surface area contributed by atoms with E-state index in [-0.39, 0.29) is 11.1 Å². The molecule has 1 nitrogen and oxygen atoms in total. The lowest BCUT2D eigenvalue weighted by atomic mass is 9.84. The number of benzene rings is 2. The molecular weight excluding hydrogens is 284 g/mol. The lowest BCUT2D eigenvalue weighted by molar-refractivity contribution is -0.139. The molecule has 2 aromatic carbocycles. The van der Waals surface area contributed by atoms with Crippen molar-refractivity contribution < 1.29 is 22.7 Å². The molecule has 112 valence electrons. The van der Waals surface area contributed by atoms with Gasteiger partial charge in [-0.05, 0) is 42.7 Å². The van der Waals surface area contributed by atoms with Crippen LogP contribution in [0.4, 0.5) is 17.6 Å². The van der Waals surface area contributed by atoms with E-state index in [9.17, 15) is 22.7 Å². The summed E-state index contributed by atoms with van der Waals surface area (Å²) in [6.07, 6.45) is -4.59. The van der Waals surface area contributed by atoms with Crippen molar-refractivity contribution in [3.8, 4) is 0 Å². The Morgan fingerprint density at radius 1 is 0.952 bits per heavy atom. The summed E-state index contributed by atoms with van der Waals surface area (Å²) in [6.45, 7) is 2.76. The van der Waals surface area contributed by atoms with Gasteiger partial charge in [-0.2, -0.15) is 13.2 Å². The van der Waals surface area contributed by atoms with Gasteiger partial charge < -0.3 is 5.11 Å². The summed E-state index contributed by atoms with van der Waals surface area (Å²) in [7, 11) is 0. The van der Waals surface area contributed by atoms with Crippen LogP contribution in [-0.2, 0) is 11.8 Å². The zero-order chi connectivity index (χ0) is 15.8. The number of halogens is 4. The lowest BCUT2D eigenvalue weighted by Gasteiger charge is -2.28. The molecule has 1 unspecified atom stereocenters. The predicted molar refractivity (Wildman–Crippen MR) is 71.3 cm³/mol. The highest BCUT2D eigenvalue weighted by Crippen LogP contribution is 2.39. The molecule has 0 bridgehead atoms. The van der Waals surface area contributed by atoms with Crippen molar-refractivity contribution in [3.63, 3.8) is 0 Å². The number of alkyl halides is 3. The second kappa shape index (κ2) is 5.15. The molecule has 0 spiro atoms. The second-order valence-electron chi connectivity index (χ2n) is 5.08. The summed E-state index contributed by atoms with van der Waals surface area (Å²) in [5.41, 5.74) is -2.75. The Morgan fingerprint density at radius 3 is 2.05 bits per heavy atom. The van der Waals surface area contributed by atoms with Crippen LogP contribution in [0.1, 0.15) is 29.2 Å². The minimum atomic E-state index is -4.59. The summed E-state index contributed by atoms with van der Waals surface area (Å²) >= 11 is 0. The fraction of sp³-hybridized carbons (Fsp3) is 0.250. The van der Waals surface area contributed by atoms with Gasteiger partial charge in [0.1, 0.15) is 11.4 Å². The van der Waals surface area contributed by atoms with Crippen LogP contribution in [0.2, 0.25) is 0 Å². The standard InChI is InChI=1S/C16H14F4O/c1-10-7-8-11(9-14(10)17)15(2,21)12-5-3-4-6-13(12)16(18,19)20/h3-9,21H,1-2H3. The topological polar surface area (TPSA) is 20.2 Å². The molecule has 0 aliphatic heterocycles. The van der Waals surface area contributed by atoms with Gasteiger partial charge in [0.25, 0.3) is 0 Å². The van der Waals surface area contributed by atoms with Gasteiger partial charge >= 0.3 is 6.18 Å². The third-order valence-electron chi connectivity index (χ3n) is 3.49. The largest absolute Gasteiger partial charge is 0.416 e. The zero-order valence-corrected chi connectivity index (χ0v) is 11.5. The molecule has 1 N–H and O–H groups in total. The molecule has 0 radical (unpaired) electrons. The van der Waals surface area contributed by atoms with Gasteiger partial charge in [0.2, 0.25) is 0 Å². The molecule has 0 amide bonds. The van der Waals surface area contributed by atoms with E-state index >= 15 is 0 Å². The van der Waals surface area contributed by atoms with Crippen LogP contribution >= 0.6 is 0 Å². The van der Waals surface area contributed by atoms with Crippen LogP contribution in [0.3, 0.4) is 0 Å². The number of aliphatic hydroxyl groups is 1. The summed E-state index contributed by atoms with van der Waals surface area (Å²) in [5.74, 6) is -0.572. The number of hydrogen-bond acceptors (Lipinski definition) is 1. The van der Waals surface area contributed by atoms with Crippen molar-refractivity contribution in [1.82, 2.24) is 0 Å². The van der Waals surface area contributed by atoms with Crippen molar-refractivity contribution in [2.24, 2.45) is 0 Å². The highest BCUT2D eigenvalue weighted by Gasteiger charge is 2.39. The molecule has 5 heteroatoms. The van der Waals surface area contributed by atoms with Gasteiger partial charge in [0.15, 0.2) is 0 Å². The lowest BCUT2D eigenvalue weighted by Crippen LogP contribution is -2.27. The van der Waals surface area contributed by atoms with Crippen molar-refractivity contribution in [2.75, 3.05) is 0 Å². The van der Waals surface area contributed by atoms with Gasteiger partial charge in [0.05, 0.1) is 5.56 Å². The first kappa shape index (κ1) is 15.5. The van der Waals surface area contributed by atoms with Gasteiger partial charge in [-0.3, -0.25) is 0 Å². The quantitative estimate of drug-likeness (QED) is 0.814. The van der Waals surface area contributed by atoms with Crippen molar-refractivity contribution in [1.29, 1.82) is 0 Å². The molecule has 2 aromatic rings. The van der Waals surface area contributed by atoms with Crippen molar-refractivity contribution in [2.45, 2.75) is 25.6 Å². The maximum atomic E-state index is 13.6. The summed E-state index contributed by atoms with van der Waals surface area (Å²) in [6, 6.07) is 8.65. The van der Waals surface area contributed by atoms with Crippen LogP contribution < -0.4 is 0 Å². The Labute approximate surface area is 119 Å². The average Bonchev–Trinajstić information content (AvgIpc) is 2.41. The summed E-state index contributed by atoms with van der Waals surface area (Å²) < 4.78 is 52.8. The molecule has 0 aliphatic rings. The molecule has 0 aromatic heterocycles. The minimum absolute atomic E-state index is 0.0716. The van der Waals surface area contributed by atoms with E-state index in [0.29, 0.717) is 5.56 Å². The van der Waals surface area contributed by atoms with E-state index in [1.807, 2.05) is 0 Å². The van der Waals surface area contributed by atoms with Gasteiger partial charge in [-0.25, -0.2) is 4.39 Å². The average molecular weight is 298 g/mol. The Hall–Kier alpha value is -1.88. The summed E-state index contributed by atoms with van der Waals surface area (Å²) in [4.78, 5) is 0. The smallest absolute Gasteiger partial charge is 0.381 e. The van der Waals surface area contributed by atoms with Crippen molar-refractivity contribution >= 4 is 0 Å².